The number of hydrogen-bond acceptors (Lipinski definition) is 2. The summed E-state index contributed by atoms with van der Waals surface area (Å²) in [6, 6.07) is 0. The molecule has 0 saturated heterocycles. The smallest absolute Gasteiger partial charge is 0.305 e. The molecule has 0 fully saturated rings. The van der Waals surface area contributed by atoms with Crippen molar-refractivity contribution in [3.63, 3.8) is 0 Å². The Labute approximate surface area is 146 Å². The minimum absolute atomic E-state index is 0.0102. The molecule has 0 aromatic rings. The Balaban J connectivity index is 3.49. The van der Waals surface area contributed by atoms with Gasteiger partial charge in [-0.1, -0.05) is 87.6 Å². The van der Waals surface area contributed by atoms with E-state index in [1.807, 2.05) is 0 Å². The Hall–Kier alpha value is -0.0500. The fraction of sp³-hybridized carbons (Fsp3) is 0.947. The van der Waals surface area contributed by atoms with Crippen LogP contribution in [0.2, 0.25) is 0 Å². The minimum Gasteiger partial charge on any atom is -0.466 e. The number of halogens is 1. The highest BCUT2D eigenvalue weighted by atomic mass is 79.9. The Kier molecular flexibility index (Phi) is 17.3. The number of hydrogen-bond donors (Lipinski definition) is 0. The summed E-state index contributed by atoms with van der Waals surface area (Å²) >= 11 is 3.40. The lowest BCUT2D eigenvalue weighted by atomic mass is 9.95. The number of rotatable bonds is 16. The summed E-state index contributed by atoms with van der Waals surface area (Å²) in [6.07, 6.45) is 15.5. The highest BCUT2D eigenvalue weighted by Crippen LogP contribution is 2.18. The van der Waals surface area contributed by atoms with Crippen molar-refractivity contribution >= 4 is 21.9 Å². The second-order valence-electron chi connectivity index (χ2n) is 6.34. The van der Waals surface area contributed by atoms with E-state index in [0.717, 1.165) is 36.9 Å². The van der Waals surface area contributed by atoms with Gasteiger partial charge in [-0.05, 0) is 25.2 Å². The lowest BCUT2D eigenvalue weighted by Gasteiger charge is -2.14. The molecule has 0 aromatic heterocycles. The molecule has 0 rings (SSSR count). The standard InChI is InChI=1S/C19H37BrO2/c1-3-5-6-7-8-10-13-18(4-2)15-17-22-19(21)14-11-9-12-16-20/h18H,3-17H2,1-2H3. The Morgan fingerprint density at radius 3 is 2.27 bits per heavy atom. The summed E-state index contributed by atoms with van der Waals surface area (Å²) < 4.78 is 5.36. The molecule has 2 nitrogen and oxygen atoms in total. The molecular formula is C19H37BrO2. The molecule has 0 spiro atoms. The second kappa shape index (κ2) is 17.3. The van der Waals surface area contributed by atoms with Crippen molar-refractivity contribution in [2.24, 2.45) is 5.92 Å². The normalized spacial score (nSPS) is 12.3. The van der Waals surface area contributed by atoms with Gasteiger partial charge in [0.25, 0.3) is 0 Å². The fourth-order valence-electron chi connectivity index (χ4n) is 2.72. The first-order valence-corrected chi connectivity index (χ1v) is 10.6. The molecule has 3 heteroatoms. The first kappa shape index (κ1) is 21.9. The molecule has 0 amide bonds. The van der Waals surface area contributed by atoms with Crippen LogP contribution in [-0.2, 0) is 9.53 Å². The maximum absolute atomic E-state index is 11.6. The maximum Gasteiger partial charge on any atom is 0.305 e. The molecule has 22 heavy (non-hydrogen) atoms. The van der Waals surface area contributed by atoms with Gasteiger partial charge >= 0.3 is 5.97 Å². The maximum atomic E-state index is 11.6. The van der Waals surface area contributed by atoms with Crippen LogP contribution in [0.15, 0.2) is 0 Å². The summed E-state index contributed by atoms with van der Waals surface area (Å²) in [5.41, 5.74) is 0. The van der Waals surface area contributed by atoms with Gasteiger partial charge < -0.3 is 4.74 Å². The van der Waals surface area contributed by atoms with Crippen molar-refractivity contribution in [1.82, 2.24) is 0 Å². The fourth-order valence-corrected chi connectivity index (χ4v) is 3.11. The van der Waals surface area contributed by atoms with Crippen LogP contribution < -0.4 is 0 Å². The first-order chi connectivity index (χ1) is 10.7. The number of esters is 1. The zero-order valence-electron chi connectivity index (χ0n) is 14.9. The van der Waals surface area contributed by atoms with Gasteiger partial charge in [0.05, 0.1) is 6.61 Å². The van der Waals surface area contributed by atoms with E-state index in [1.54, 1.807) is 0 Å². The number of alkyl halides is 1. The number of carbonyl (C=O) groups excluding carboxylic acids is 1. The average molecular weight is 377 g/mol. The zero-order valence-corrected chi connectivity index (χ0v) is 16.5. The highest BCUT2D eigenvalue weighted by Gasteiger charge is 2.08. The largest absolute Gasteiger partial charge is 0.466 e. The van der Waals surface area contributed by atoms with E-state index in [2.05, 4.69) is 29.8 Å². The molecule has 0 bridgehead atoms. The molecule has 0 aliphatic carbocycles. The zero-order chi connectivity index (χ0) is 16.5. The minimum atomic E-state index is -0.0102. The van der Waals surface area contributed by atoms with Crippen molar-refractivity contribution < 1.29 is 9.53 Å². The second-order valence-corrected chi connectivity index (χ2v) is 7.13. The van der Waals surface area contributed by atoms with Crippen molar-refractivity contribution in [3.05, 3.63) is 0 Å². The summed E-state index contributed by atoms with van der Waals surface area (Å²) in [5.74, 6) is 0.719. The van der Waals surface area contributed by atoms with Crippen LogP contribution in [0, 0.1) is 5.92 Å². The van der Waals surface area contributed by atoms with Gasteiger partial charge in [-0.2, -0.15) is 0 Å². The summed E-state index contributed by atoms with van der Waals surface area (Å²) in [4.78, 5) is 11.6. The molecule has 132 valence electrons. The van der Waals surface area contributed by atoms with E-state index in [-0.39, 0.29) is 5.97 Å². The van der Waals surface area contributed by atoms with Gasteiger partial charge in [-0.25, -0.2) is 0 Å². The SMILES string of the molecule is CCCCCCCCC(CC)CCOC(=O)CCCCCBr. The average Bonchev–Trinajstić information content (AvgIpc) is 2.53. The van der Waals surface area contributed by atoms with Gasteiger partial charge in [-0.15, -0.1) is 0 Å². The number of carbonyl (C=O) groups is 1. The van der Waals surface area contributed by atoms with Crippen molar-refractivity contribution in [3.8, 4) is 0 Å². The van der Waals surface area contributed by atoms with Crippen molar-refractivity contribution in [1.29, 1.82) is 0 Å². The topological polar surface area (TPSA) is 26.3 Å². The van der Waals surface area contributed by atoms with Gasteiger partial charge in [0, 0.05) is 11.8 Å². The number of unbranched alkanes of at least 4 members (excludes halogenated alkanes) is 7. The lowest BCUT2D eigenvalue weighted by molar-refractivity contribution is -0.144. The van der Waals surface area contributed by atoms with Crippen molar-refractivity contribution in [2.75, 3.05) is 11.9 Å². The van der Waals surface area contributed by atoms with Crippen LogP contribution in [0.1, 0.15) is 97.3 Å². The van der Waals surface area contributed by atoms with Crippen LogP contribution in [0.5, 0.6) is 0 Å². The van der Waals surface area contributed by atoms with Crippen LogP contribution in [0.25, 0.3) is 0 Å². The third kappa shape index (κ3) is 14.9. The summed E-state index contributed by atoms with van der Waals surface area (Å²) in [6.45, 7) is 5.13. The van der Waals surface area contributed by atoms with Crippen LogP contribution >= 0.6 is 15.9 Å². The molecular weight excluding hydrogens is 340 g/mol. The third-order valence-corrected chi connectivity index (χ3v) is 4.91. The van der Waals surface area contributed by atoms with Gasteiger partial charge in [0.2, 0.25) is 0 Å². The molecule has 0 heterocycles. The molecule has 0 N–H and O–H groups in total. The van der Waals surface area contributed by atoms with E-state index in [0.29, 0.717) is 13.0 Å². The molecule has 1 unspecified atom stereocenters. The van der Waals surface area contributed by atoms with E-state index in [9.17, 15) is 4.79 Å². The Morgan fingerprint density at radius 2 is 1.59 bits per heavy atom. The Morgan fingerprint density at radius 1 is 0.909 bits per heavy atom. The predicted octanol–water partition coefficient (Wildman–Crippen LogP) is 6.65. The third-order valence-electron chi connectivity index (χ3n) is 4.35. The van der Waals surface area contributed by atoms with Crippen LogP contribution in [0.3, 0.4) is 0 Å². The van der Waals surface area contributed by atoms with E-state index in [4.69, 9.17) is 4.74 Å². The van der Waals surface area contributed by atoms with E-state index >= 15 is 0 Å². The molecule has 0 aromatic carbocycles. The van der Waals surface area contributed by atoms with Gasteiger partial charge in [0.15, 0.2) is 0 Å². The highest BCUT2D eigenvalue weighted by molar-refractivity contribution is 9.09. The van der Waals surface area contributed by atoms with Gasteiger partial charge in [-0.3, -0.25) is 4.79 Å². The predicted molar refractivity (Wildman–Crippen MR) is 99.6 cm³/mol. The molecule has 0 aliphatic heterocycles. The molecule has 1 atom stereocenters. The van der Waals surface area contributed by atoms with Crippen LogP contribution in [-0.4, -0.2) is 17.9 Å². The molecule has 0 radical (unpaired) electrons. The van der Waals surface area contributed by atoms with E-state index in [1.165, 1.54) is 51.4 Å². The molecule has 0 saturated carbocycles. The van der Waals surface area contributed by atoms with Crippen LogP contribution in [0.4, 0.5) is 0 Å². The van der Waals surface area contributed by atoms with Gasteiger partial charge in [0.1, 0.15) is 0 Å². The van der Waals surface area contributed by atoms with Crippen molar-refractivity contribution in [2.45, 2.75) is 97.3 Å². The lowest BCUT2D eigenvalue weighted by Crippen LogP contribution is -2.10. The number of ether oxygens (including phenoxy) is 1. The summed E-state index contributed by atoms with van der Waals surface area (Å²) in [7, 11) is 0. The van der Waals surface area contributed by atoms with E-state index < -0.39 is 0 Å². The Bertz CT molecular complexity index is 244. The summed E-state index contributed by atoms with van der Waals surface area (Å²) in [5, 5.41) is 1.03. The first-order valence-electron chi connectivity index (χ1n) is 9.46. The molecule has 0 aliphatic rings. The quantitative estimate of drug-likeness (QED) is 0.171. The monoisotopic (exact) mass is 376 g/mol.